The largest absolute Gasteiger partial charge is 0.386 e. The van der Waals surface area contributed by atoms with Gasteiger partial charge in [0, 0.05) is 41.6 Å². The SMILES string of the molecule is CC.CCC(C=O)c1cc2n(c(=O)c1COC)Cc1c-2nc2cc(F)c(C)c3c2c1C(NC)CC3.O=CC(O)CC1CC1. The van der Waals surface area contributed by atoms with Gasteiger partial charge in [-0.15, -0.1) is 0 Å². The van der Waals surface area contributed by atoms with Crippen LogP contribution < -0.4 is 10.9 Å². The van der Waals surface area contributed by atoms with Crippen LogP contribution in [0, 0.1) is 18.7 Å². The summed E-state index contributed by atoms with van der Waals surface area (Å²) >= 11 is 0. The Hall–Kier alpha value is -3.27. The van der Waals surface area contributed by atoms with Crippen LogP contribution >= 0.6 is 0 Å². The Kier molecular flexibility index (Phi) is 10.6. The molecule has 2 aliphatic carbocycles. The van der Waals surface area contributed by atoms with E-state index in [-0.39, 0.29) is 24.0 Å². The van der Waals surface area contributed by atoms with Crippen LogP contribution in [0.5, 0.6) is 0 Å². The summed E-state index contributed by atoms with van der Waals surface area (Å²) in [6, 6.07) is 3.53. The van der Waals surface area contributed by atoms with E-state index in [1.165, 1.54) is 18.9 Å². The van der Waals surface area contributed by atoms with Crippen LogP contribution in [-0.2, 0) is 33.9 Å². The maximum atomic E-state index is 14.8. The number of rotatable bonds is 9. The molecule has 3 unspecified atom stereocenters. The van der Waals surface area contributed by atoms with E-state index < -0.39 is 12.0 Å². The number of ether oxygens (including phenoxy) is 1. The molecule has 3 atom stereocenters. The smallest absolute Gasteiger partial charge is 0.257 e. The normalized spacial score (nSPS) is 17.5. The number of nitrogens with zero attached hydrogens (tertiary/aromatic N) is 2. The van der Waals surface area contributed by atoms with Gasteiger partial charge in [0.1, 0.15) is 24.5 Å². The predicted molar refractivity (Wildman–Crippen MR) is 166 cm³/mol. The van der Waals surface area contributed by atoms with Crippen molar-refractivity contribution in [3.05, 3.63) is 61.7 Å². The number of aliphatic hydroxyl groups excluding tert-OH is 1. The standard InChI is InChI=1S/C26H28FN3O3.C6H10O2.C2H6/c1-5-14(11-31)16-8-22-25-17(10-30(22)26(32)18(16)12-33-4)24-20(28-3)7-6-15-13(2)19(27)9-21(29-25)23(15)24;7-4-6(8)3-5-1-2-5;1-2/h8-9,11,14,20,28H,5-7,10,12H2,1-4H3;4-6,8H,1-3H2;1-2H3. The molecule has 6 rings (SSSR count). The van der Waals surface area contributed by atoms with E-state index in [4.69, 9.17) is 14.8 Å². The molecule has 1 fully saturated rings. The highest BCUT2D eigenvalue weighted by Crippen LogP contribution is 2.45. The fraction of sp³-hybridized carbons (Fsp3) is 0.529. The third-order valence-electron chi connectivity index (χ3n) is 8.84. The van der Waals surface area contributed by atoms with Crippen LogP contribution in [0.1, 0.15) is 98.2 Å². The molecule has 8 nitrogen and oxygen atoms in total. The molecule has 1 saturated carbocycles. The lowest BCUT2D eigenvalue weighted by Crippen LogP contribution is -2.27. The number of hydrogen-bond donors (Lipinski definition) is 2. The number of fused-ring (bicyclic) bond motifs is 4. The highest BCUT2D eigenvalue weighted by Gasteiger charge is 2.34. The first-order valence-electron chi connectivity index (χ1n) is 15.4. The number of pyridine rings is 2. The van der Waals surface area contributed by atoms with Gasteiger partial charge in [-0.1, -0.05) is 33.6 Å². The van der Waals surface area contributed by atoms with Crippen molar-refractivity contribution in [3.63, 3.8) is 0 Å². The monoisotopic (exact) mass is 593 g/mol. The lowest BCUT2D eigenvalue weighted by atomic mass is 9.82. The molecule has 1 aliphatic heterocycles. The van der Waals surface area contributed by atoms with Crippen LogP contribution in [-0.4, -0.2) is 47.5 Å². The number of carbonyl (C=O) groups excluding carboxylic acids is 2. The van der Waals surface area contributed by atoms with E-state index >= 15 is 0 Å². The van der Waals surface area contributed by atoms with Crippen molar-refractivity contribution in [1.29, 1.82) is 0 Å². The second-order valence-electron chi connectivity index (χ2n) is 11.4. The Bertz CT molecular complexity index is 1560. The highest BCUT2D eigenvalue weighted by molar-refractivity contribution is 5.93. The van der Waals surface area contributed by atoms with Crippen LogP contribution in [0.15, 0.2) is 16.9 Å². The molecule has 2 aromatic heterocycles. The van der Waals surface area contributed by atoms with Crippen molar-refractivity contribution in [1.82, 2.24) is 14.9 Å². The molecule has 2 N–H and O–H groups in total. The molecule has 232 valence electrons. The topological polar surface area (TPSA) is 111 Å². The molecule has 0 radical (unpaired) electrons. The Morgan fingerprint density at radius 2 is 1.91 bits per heavy atom. The fourth-order valence-electron chi connectivity index (χ4n) is 6.41. The van der Waals surface area contributed by atoms with E-state index in [2.05, 4.69) is 5.32 Å². The van der Waals surface area contributed by atoms with Crippen molar-refractivity contribution < 1.29 is 23.8 Å². The molecule has 1 aromatic carbocycles. The molecule has 0 spiro atoms. The van der Waals surface area contributed by atoms with E-state index in [0.29, 0.717) is 65.2 Å². The molecule has 3 aromatic rings. The first-order chi connectivity index (χ1) is 20.8. The van der Waals surface area contributed by atoms with Crippen molar-refractivity contribution in [2.24, 2.45) is 5.92 Å². The molecular formula is C34H44FN3O5. The summed E-state index contributed by atoms with van der Waals surface area (Å²) in [4.78, 5) is 40.1. The Morgan fingerprint density at radius 3 is 2.49 bits per heavy atom. The van der Waals surface area contributed by atoms with Gasteiger partial charge in [-0.3, -0.25) is 4.79 Å². The number of hydrogen-bond acceptors (Lipinski definition) is 7. The number of methoxy groups -OCH3 is 1. The third kappa shape index (κ3) is 6.21. The fourth-order valence-corrected chi connectivity index (χ4v) is 6.41. The number of aliphatic hydroxyl groups is 1. The van der Waals surface area contributed by atoms with Gasteiger partial charge in [-0.2, -0.15) is 0 Å². The van der Waals surface area contributed by atoms with Crippen LogP contribution in [0.2, 0.25) is 0 Å². The quantitative estimate of drug-likeness (QED) is 0.254. The van der Waals surface area contributed by atoms with Crippen LogP contribution in [0.3, 0.4) is 0 Å². The summed E-state index contributed by atoms with van der Waals surface area (Å²) in [5.74, 6) is 0.000826. The van der Waals surface area contributed by atoms with E-state index in [0.717, 1.165) is 41.2 Å². The number of carbonyl (C=O) groups is 2. The number of aryl methyl sites for hydroxylation is 1. The molecule has 0 saturated heterocycles. The maximum Gasteiger partial charge on any atom is 0.257 e. The average Bonchev–Trinajstić information content (AvgIpc) is 3.77. The molecular weight excluding hydrogens is 549 g/mol. The number of aldehydes is 2. The second-order valence-corrected chi connectivity index (χ2v) is 11.4. The predicted octanol–water partition coefficient (Wildman–Crippen LogP) is 5.29. The van der Waals surface area contributed by atoms with Gasteiger partial charge in [0.2, 0.25) is 0 Å². The zero-order chi connectivity index (χ0) is 31.4. The summed E-state index contributed by atoms with van der Waals surface area (Å²) in [6.07, 6.45) is 6.11. The van der Waals surface area contributed by atoms with Gasteiger partial charge in [-0.05, 0) is 73.9 Å². The van der Waals surface area contributed by atoms with E-state index in [9.17, 15) is 18.8 Å². The van der Waals surface area contributed by atoms with Gasteiger partial charge in [0.05, 0.1) is 30.1 Å². The van der Waals surface area contributed by atoms with Crippen LogP contribution in [0.25, 0.3) is 22.3 Å². The van der Waals surface area contributed by atoms with Gasteiger partial charge >= 0.3 is 0 Å². The van der Waals surface area contributed by atoms with Gasteiger partial charge in [0.15, 0.2) is 0 Å². The zero-order valence-corrected chi connectivity index (χ0v) is 26.1. The highest BCUT2D eigenvalue weighted by atomic mass is 19.1. The number of halogens is 1. The van der Waals surface area contributed by atoms with E-state index in [1.807, 2.05) is 40.8 Å². The lowest BCUT2D eigenvalue weighted by Gasteiger charge is -2.28. The molecule has 3 aliphatic rings. The molecule has 43 heavy (non-hydrogen) atoms. The van der Waals surface area contributed by atoms with E-state index in [1.54, 1.807) is 11.7 Å². The van der Waals surface area contributed by atoms with Crippen LogP contribution in [0.4, 0.5) is 4.39 Å². The Balaban J connectivity index is 0.000000364. The lowest BCUT2D eigenvalue weighted by molar-refractivity contribution is -0.115. The summed E-state index contributed by atoms with van der Waals surface area (Å²) in [7, 11) is 3.48. The van der Waals surface area contributed by atoms with Gasteiger partial charge < -0.3 is 29.3 Å². The Morgan fingerprint density at radius 1 is 1.19 bits per heavy atom. The minimum atomic E-state index is -0.692. The van der Waals surface area contributed by atoms with Crippen molar-refractivity contribution in [2.45, 2.75) is 97.4 Å². The molecule has 0 amide bonds. The minimum Gasteiger partial charge on any atom is -0.386 e. The zero-order valence-electron chi connectivity index (χ0n) is 26.1. The number of benzene rings is 1. The number of nitrogens with one attached hydrogen (secondary N) is 1. The average molecular weight is 594 g/mol. The van der Waals surface area contributed by atoms with Crippen molar-refractivity contribution in [2.75, 3.05) is 14.2 Å². The van der Waals surface area contributed by atoms with Crippen molar-refractivity contribution >= 4 is 23.5 Å². The molecule has 3 heterocycles. The molecule has 9 heteroatoms. The number of aromatic nitrogens is 2. The maximum absolute atomic E-state index is 14.8. The second kappa shape index (κ2) is 14.0. The Labute approximate surface area is 252 Å². The molecule has 0 bridgehead atoms. The summed E-state index contributed by atoms with van der Waals surface area (Å²) in [6.45, 7) is 8.30. The summed E-state index contributed by atoms with van der Waals surface area (Å²) in [5, 5.41) is 13.1. The summed E-state index contributed by atoms with van der Waals surface area (Å²) < 4.78 is 21.8. The van der Waals surface area contributed by atoms with Crippen molar-refractivity contribution in [3.8, 4) is 11.4 Å². The summed E-state index contributed by atoms with van der Waals surface area (Å²) in [5.41, 5.74) is 6.86. The first-order valence-corrected chi connectivity index (χ1v) is 15.4. The van der Waals surface area contributed by atoms with Gasteiger partial charge in [-0.25, -0.2) is 9.37 Å². The first kappa shape index (κ1) is 32.6. The third-order valence-corrected chi connectivity index (χ3v) is 8.84. The minimum absolute atomic E-state index is 0.0999. The van der Waals surface area contributed by atoms with Gasteiger partial charge in [0.25, 0.3) is 5.56 Å².